The molecule has 0 saturated heterocycles. The fourth-order valence-corrected chi connectivity index (χ4v) is 4.46. The number of anilines is 1. The Morgan fingerprint density at radius 2 is 1.86 bits per heavy atom. The minimum absolute atomic E-state index is 0.0720. The molecule has 1 N–H and O–H groups in total. The Bertz CT molecular complexity index is 1070. The lowest BCUT2D eigenvalue weighted by Crippen LogP contribution is -2.15. The molecule has 148 valence electrons. The molecule has 0 radical (unpaired) electrons. The smallest absolute Gasteiger partial charge is 0.266 e. The van der Waals surface area contributed by atoms with Crippen LogP contribution in [0.25, 0.3) is 0 Å². The highest BCUT2D eigenvalue weighted by atomic mass is 35.5. The lowest BCUT2D eigenvalue weighted by molar-refractivity contribution is 0.315. The molecule has 11 heteroatoms. The van der Waals surface area contributed by atoms with E-state index in [4.69, 9.17) is 16.3 Å². The summed E-state index contributed by atoms with van der Waals surface area (Å²) in [5, 5.41) is 1.45. The molecule has 1 heterocycles. The van der Waals surface area contributed by atoms with E-state index < -0.39 is 32.4 Å². The maximum absolute atomic E-state index is 14.3. The monoisotopic (exact) mass is 448 g/mol. The van der Waals surface area contributed by atoms with Gasteiger partial charge in [0, 0.05) is 29.6 Å². The number of rotatable bonds is 7. The van der Waals surface area contributed by atoms with Crippen LogP contribution in [0.2, 0.25) is 5.02 Å². The second-order valence-electron chi connectivity index (χ2n) is 5.45. The molecule has 0 bridgehead atoms. The molecule has 0 aliphatic rings. The van der Waals surface area contributed by atoms with Crippen molar-refractivity contribution in [2.24, 2.45) is 0 Å². The van der Waals surface area contributed by atoms with Crippen LogP contribution in [0.15, 0.2) is 46.8 Å². The van der Waals surface area contributed by atoms with E-state index in [2.05, 4.69) is 9.71 Å². The van der Waals surface area contributed by atoms with Gasteiger partial charge in [-0.2, -0.15) is 0 Å². The minimum Gasteiger partial charge on any atom is -0.492 e. The highest BCUT2D eigenvalue weighted by Crippen LogP contribution is 2.31. The zero-order chi connectivity index (χ0) is 20.3. The van der Waals surface area contributed by atoms with E-state index in [9.17, 15) is 21.6 Å². The quantitative estimate of drug-likeness (QED) is 0.572. The molecule has 0 fully saturated rings. The summed E-state index contributed by atoms with van der Waals surface area (Å²) in [5.41, 5.74) is -0.175. The summed E-state index contributed by atoms with van der Waals surface area (Å²) < 4.78 is 73.5. The van der Waals surface area contributed by atoms with Gasteiger partial charge in [0.1, 0.15) is 28.1 Å². The molecule has 0 aliphatic carbocycles. The van der Waals surface area contributed by atoms with Crippen LogP contribution in [0.4, 0.5) is 18.3 Å². The lowest BCUT2D eigenvalue weighted by atomic mass is 10.1. The molecule has 5 nitrogen and oxygen atoms in total. The zero-order valence-corrected chi connectivity index (χ0v) is 16.3. The highest BCUT2D eigenvalue weighted by Gasteiger charge is 2.23. The summed E-state index contributed by atoms with van der Waals surface area (Å²) in [4.78, 5) is 3.09. The Balaban J connectivity index is 1.75. The lowest BCUT2D eigenvalue weighted by Gasteiger charge is -2.12. The van der Waals surface area contributed by atoms with Gasteiger partial charge in [0.05, 0.1) is 11.6 Å². The third kappa shape index (κ3) is 4.57. The van der Waals surface area contributed by atoms with Crippen molar-refractivity contribution in [3.63, 3.8) is 0 Å². The van der Waals surface area contributed by atoms with E-state index in [0.717, 1.165) is 35.6 Å². The number of hydrogen-bond acceptors (Lipinski definition) is 5. The maximum Gasteiger partial charge on any atom is 0.266 e. The summed E-state index contributed by atoms with van der Waals surface area (Å²) >= 11 is 7.01. The number of benzene rings is 2. The molecule has 2 aromatic carbocycles. The Hall–Kier alpha value is -2.30. The van der Waals surface area contributed by atoms with Crippen molar-refractivity contribution in [3.05, 3.63) is 69.9 Å². The van der Waals surface area contributed by atoms with Crippen molar-refractivity contribution >= 4 is 38.1 Å². The van der Waals surface area contributed by atoms with Gasteiger partial charge in [-0.1, -0.05) is 17.7 Å². The molecule has 3 rings (SSSR count). The van der Waals surface area contributed by atoms with Gasteiger partial charge in [0.25, 0.3) is 10.0 Å². The third-order valence-electron chi connectivity index (χ3n) is 3.60. The van der Waals surface area contributed by atoms with Crippen LogP contribution in [-0.2, 0) is 16.4 Å². The molecule has 28 heavy (non-hydrogen) atoms. The molecule has 0 saturated carbocycles. The first-order valence-corrected chi connectivity index (χ1v) is 10.5. The van der Waals surface area contributed by atoms with Crippen LogP contribution >= 0.6 is 22.9 Å². The summed E-state index contributed by atoms with van der Waals surface area (Å²) in [7, 11) is -4.24. The summed E-state index contributed by atoms with van der Waals surface area (Å²) in [5.74, 6) is -2.70. The van der Waals surface area contributed by atoms with Gasteiger partial charge in [0.2, 0.25) is 0 Å². The maximum atomic E-state index is 14.3. The van der Waals surface area contributed by atoms with Crippen LogP contribution in [0.3, 0.4) is 0 Å². The number of halogens is 4. The summed E-state index contributed by atoms with van der Waals surface area (Å²) in [6, 6.07) is 5.16. The standard InChI is InChI=1S/C17H12ClF3N2O3S2/c18-11-8-16(28(24,25)23-17-22-5-7-27-17)14(21)9-15(11)26-6-4-10-12(19)2-1-3-13(10)20/h1-3,5,7-9H,4,6H2,(H,22,23). The average molecular weight is 449 g/mol. The van der Waals surface area contributed by atoms with E-state index in [1.165, 1.54) is 12.3 Å². The molecule has 0 unspecified atom stereocenters. The summed E-state index contributed by atoms with van der Waals surface area (Å²) in [6.45, 7) is -0.194. The number of ether oxygens (including phenoxy) is 1. The molecule has 0 atom stereocenters. The third-order valence-corrected chi connectivity index (χ3v) is 6.07. The topological polar surface area (TPSA) is 68.3 Å². The van der Waals surface area contributed by atoms with Gasteiger partial charge in [-0.05, 0) is 18.2 Å². The largest absolute Gasteiger partial charge is 0.492 e. The van der Waals surface area contributed by atoms with Gasteiger partial charge in [-0.3, -0.25) is 4.72 Å². The first-order chi connectivity index (χ1) is 13.3. The zero-order valence-electron chi connectivity index (χ0n) is 14.0. The average Bonchev–Trinajstić information content (AvgIpc) is 3.12. The molecule has 1 aromatic heterocycles. The van der Waals surface area contributed by atoms with Crippen molar-refractivity contribution in [1.82, 2.24) is 4.98 Å². The number of thiazole rings is 1. The Morgan fingerprint density at radius 3 is 2.50 bits per heavy atom. The van der Waals surface area contributed by atoms with Crippen molar-refractivity contribution < 1.29 is 26.3 Å². The van der Waals surface area contributed by atoms with Crippen molar-refractivity contribution in [2.45, 2.75) is 11.3 Å². The molecular weight excluding hydrogens is 437 g/mol. The number of nitrogens with one attached hydrogen (secondary N) is 1. The molecule has 0 amide bonds. The second kappa shape index (κ2) is 8.38. The highest BCUT2D eigenvalue weighted by molar-refractivity contribution is 7.93. The van der Waals surface area contributed by atoms with E-state index in [1.54, 1.807) is 5.38 Å². The van der Waals surface area contributed by atoms with Gasteiger partial charge < -0.3 is 4.74 Å². The fourth-order valence-electron chi connectivity index (χ4n) is 2.30. The number of hydrogen-bond donors (Lipinski definition) is 1. The number of aromatic nitrogens is 1. The van der Waals surface area contributed by atoms with Gasteiger partial charge in [-0.25, -0.2) is 26.6 Å². The second-order valence-corrected chi connectivity index (χ2v) is 8.41. The minimum atomic E-state index is -4.24. The van der Waals surface area contributed by atoms with E-state index in [0.29, 0.717) is 0 Å². The van der Waals surface area contributed by atoms with Gasteiger partial charge in [0.15, 0.2) is 5.13 Å². The van der Waals surface area contributed by atoms with E-state index in [1.807, 2.05) is 0 Å². The molecular formula is C17H12ClF3N2O3S2. The van der Waals surface area contributed by atoms with E-state index in [-0.39, 0.29) is 34.5 Å². The van der Waals surface area contributed by atoms with Crippen molar-refractivity contribution in [2.75, 3.05) is 11.3 Å². The van der Waals surface area contributed by atoms with Crippen molar-refractivity contribution in [1.29, 1.82) is 0 Å². The predicted molar refractivity (Wildman–Crippen MR) is 99.9 cm³/mol. The Kier molecular flexibility index (Phi) is 6.11. The van der Waals surface area contributed by atoms with Crippen LogP contribution < -0.4 is 9.46 Å². The van der Waals surface area contributed by atoms with E-state index >= 15 is 0 Å². The Morgan fingerprint density at radius 1 is 1.14 bits per heavy atom. The normalized spacial score (nSPS) is 11.4. The number of sulfonamides is 1. The SMILES string of the molecule is O=S(=O)(Nc1nccs1)c1cc(Cl)c(OCCc2c(F)cccc2F)cc1F. The van der Waals surface area contributed by atoms with Gasteiger partial charge in [-0.15, -0.1) is 11.3 Å². The summed E-state index contributed by atoms with van der Waals surface area (Å²) in [6.07, 6.45) is 1.27. The first-order valence-electron chi connectivity index (χ1n) is 7.75. The van der Waals surface area contributed by atoms with Gasteiger partial charge >= 0.3 is 0 Å². The number of nitrogens with zero attached hydrogens (tertiary/aromatic N) is 1. The molecule has 0 aliphatic heterocycles. The van der Waals surface area contributed by atoms with Crippen LogP contribution in [0, 0.1) is 17.5 Å². The first kappa shape index (κ1) is 20.4. The van der Waals surface area contributed by atoms with Crippen LogP contribution in [-0.4, -0.2) is 20.0 Å². The Labute approximate surface area is 167 Å². The fraction of sp³-hybridized carbons (Fsp3) is 0.118. The molecule has 0 spiro atoms. The predicted octanol–water partition coefficient (Wildman–Crippen LogP) is 4.64. The van der Waals surface area contributed by atoms with Crippen molar-refractivity contribution in [3.8, 4) is 5.75 Å². The van der Waals surface area contributed by atoms with Crippen LogP contribution in [0.1, 0.15) is 5.56 Å². The molecule has 3 aromatic rings. The van der Waals surface area contributed by atoms with Crippen LogP contribution in [0.5, 0.6) is 5.75 Å².